The minimum absolute atomic E-state index is 0.0979. The first-order valence-corrected chi connectivity index (χ1v) is 13.4. The molecule has 6 nitrogen and oxygen atoms in total. The van der Waals surface area contributed by atoms with E-state index in [1.807, 2.05) is 44.4 Å². The molecule has 2 aromatic rings. The summed E-state index contributed by atoms with van der Waals surface area (Å²) in [6.45, 7) is 9.11. The van der Waals surface area contributed by atoms with Crippen molar-refractivity contribution < 1.29 is 14.3 Å². The third kappa shape index (κ3) is 7.17. The number of nitrogens with zero attached hydrogens (tertiary/aromatic N) is 3. The highest BCUT2D eigenvalue weighted by Gasteiger charge is 2.39. The Morgan fingerprint density at radius 1 is 0.944 bits per heavy atom. The monoisotopic (exact) mass is 493 g/mol. The van der Waals surface area contributed by atoms with Crippen LogP contribution in [0.4, 0.5) is 5.69 Å². The Bertz CT molecular complexity index is 953. The van der Waals surface area contributed by atoms with Crippen molar-refractivity contribution in [3.63, 3.8) is 0 Å². The van der Waals surface area contributed by atoms with Crippen LogP contribution in [0.25, 0.3) is 0 Å². The summed E-state index contributed by atoms with van der Waals surface area (Å²) in [4.78, 5) is 32.4. The molecule has 1 aliphatic rings. The highest BCUT2D eigenvalue weighted by molar-refractivity contribution is 6.03. The van der Waals surface area contributed by atoms with Gasteiger partial charge in [0.05, 0.1) is 18.6 Å². The van der Waals surface area contributed by atoms with Crippen molar-refractivity contribution in [1.82, 2.24) is 9.80 Å². The first-order chi connectivity index (χ1) is 17.4. The summed E-state index contributed by atoms with van der Waals surface area (Å²) >= 11 is 0. The molecule has 1 unspecified atom stereocenters. The van der Waals surface area contributed by atoms with Gasteiger partial charge in [-0.15, -0.1) is 0 Å². The quantitative estimate of drug-likeness (QED) is 0.229. The standard InChI is InChI=1S/C30H43N3O3/c1-5-7-23-36-28(34)17-18-32-19-21-33(22-20-32)27-15-13-26(14-16-27)29(35)30(6-2,31(3)4)24-25-11-9-8-10-12-25/h8-16H,5-7,17-24H2,1-4H3. The Kier molecular flexibility index (Phi) is 10.5. The van der Waals surface area contributed by atoms with Gasteiger partial charge in [-0.25, -0.2) is 0 Å². The van der Waals surface area contributed by atoms with Crippen molar-refractivity contribution in [1.29, 1.82) is 0 Å². The lowest BCUT2D eigenvalue weighted by molar-refractivity contribution is -0.144. The number of unbranched alkanes of at least 4 members (excludes halogenated alkanes) is 1. The lowest BCUT2D eigenvalue weighted by Gasteiger charge is -2.38. The third-order valence-electron chi connectivity index (χ3n) is 7.46. The Morgan fingerprint density at radius 3 is 2.19 bits per heavy atom. The largest absolute Gasteiger partial charge is 0.466 e. The number of anilines is 1. The fraction of sp³-hybridized carbons (Fsp3) is 0.533. The van der Waals surface area contributed by atoms with E-state index in [1.165, 1.54) is 5.56 Å². The molecule has 1 aliphatic heterocycles. The molecule has 0 N–H and O–H groups in total. The van der Waals surface area contributed by atoms with Gasteiger partial charge >= 0.3 is 5.97 Å². The van der Waals surface area contributed by atoms with Gasteiger partial charge in [0, 0.05) is 44.0 Å². The fourth-order valence-electron chi connectivity index (χ4n) is 4.95. The van der Waals surface area contributed by atoms with Gasteiger partial charge in [0.25, 0.3) is 0 Å². The van der Waals surface area contributed by atoms with E-state index in [4.69, 9.17) is 4.74 Å². The molecule has 196 valence electrons. The molecule has 0 bridgehead atoms. The van der Waals surface area contributed by atoms with Crippen molar-refractivity contribution >= 4 is 17.4 Å². The average Bonchev–Trinajstić information content (AvgIpc) is 2.91. The normalized spacial score (nSPS) is 16.1. The van der Waals surface area contributed by atoms with Crippen LogP contribution in [0.1, 0.15) is 55.5 Å². The Morgan fingerprint density at radius 2 is 1.61 bits per heavy atom. The maximum Gasteiger partial charge on any atom is 0.307 e. The molecule has 2 aromatic carbocycles. The van der Waals surface area contributed by atoms with E-state index in [2.05, 4.69) is 52.8 Å². The molecule has 0 spiro atoms. The molecule has 1 heterocycles. The summed E-state index contributed by atoms with van der Waals surface area (Å²) in [5, 5.41) is 0. The molecular weight excluding hydrogens is 450 g/mol. The van der Waals surface area contributed by atoms with E-state index >= 15 is 0 Å². The highest BCUT2D eigenvalue weighted by atomic mass is 16.5. The van der Waals surface area contributed by atoms with Crippen LogP contribution in [0, 0.1) is 0 Å². The van der Waals surface area contributed by atoms with Gasteiger partial charge in [0.15, 0.2) is 5.78 Å². The van der Waals surface area contributed by atoms with Crippen molar-refractivity contribution in [3.8, 4) is 0 Å². The van der Waals surface area contributed by atoms with Crippen molar-refractivity contribution in [2.24, 2.45) is 0 Å². The zero-order valence-corrected chi connectivity index (χ0v) is 22.5. The smallest absolute Gasteiger partial charge is 0.307 e. The Balaban J connectivity index is 1.57. The summed E-state index contributed by atoms with van der Waals surface area (Å²) in [6.07, 6.45) is 3.84. The summed E-state index contributed by atoms with van der Waals surface area (Å²) in [5.74, 6) is 0.0697. The number of rotatable bonds is 13. The van der Waals surface area contributed by atoms with Crippen LogP contribution < -0.4 is 4.90 Å². The average molecular weight is 494 g/mol. The minimum Gasteiger partial charge on any atom is -0.466 e. The van der Waals surface area contributed by atoms with Crippen LogP contribution in [-0.4, -0.2) is 80.5 Å². The molecule has 0 aromatic heterocycles. The highest BCUT2D eigenvalue weighted by Crippen LogP contribution is 2.29. The van der Waals surface area contributed by atoms with Gasteiger partial charge in [-0.3, -0.25) is 19.4 Å². The predicted octanol–water partition coefficient (Wildman–Crippen LogP) is 4.68. The molecule has 0 radical (unpaired) electrons. The van der Waals surface area contributed by atoms with Crippen LogP contribution in [0.15, 0.2) is 54.6 Å². The van der Waals surface area contributed by atoms with Crippen molar-refractivity contribution in [2.75, 3.05) is 58.3 Å². The SMILES string of the molecule is CCCCOC(=O)CCN1CCN(c2ccc(C(=O)C(CC)(Cc3ccccc3)N(C)C)cc2)CC1. The number of ether oxygens (including phenoxy) is 1. The summed E-state index contributed by atoms with van der Waals surface area (Å²) in [7, 11) is 4.01. The van der Waals surface area contributed by atoms with Crippen molar-refractivity contribution in [2.45, 2.75) is 51.5 Å². The van der Waals surface area contributed by atoms with E-state index in [0.717, 1.165) is 63.2 Å². The topological polar surface area (TPSA) is 53.1 Å². The van der Waals surface area contributed by atoms with Gasteiger partial charge in [-0.2, -0.15) is 0 Å². The molecule has 1 fully saturated rings. The molecule has 1 atom stereocenters. The number of carbonyl (C=O) groups is 2. The van der Waals surface area contributed by atoms with Gasteiger partial charge < -0.3 is 9.64 Å². The second-order valence-corrected chi connectivity index (χ2v) is 9.97. The summed E-state index contributed by atoms with van der Waals surface area (Å²) in [5.41, 5.74) is 2.49. The number of ketones is 1. The number of piperazine rings is 1. The first kappa shape index (κ1) is 27.9. The number of hydrogen-bond donors (Lipinski definition) is 0. The molecule has 36 heavy (non-hydrogen) atoms. The van der Waals surface area contributed by atoms with Crippen LogP contribution in [0.2, 0.25) is 0 Å². The second kappa shape index (κ2) is 13.6. The minimum atomic E-state index is -0.577. The van der Waals surface area contributed by atoms with E-state index in [9.17, 15) is 9.59 Å². The van der Waals surface area contributed by atoms with Crippen LogP contribution >= 0.6 is 0 Å². The lowest BCUT2D eigenvalue weighted by atomic mass is 9.80. The Hall–Kier alpha value is -2.70. The number of hydrogen-bond acceptors (Lipinski definition) is 6. The molecule has 3 rings (SSSR count). The van der Waals surface area contributed by atoms with Gasteiger partial charge in [0.1, 0.15) is 0 Å². The van der Waals surface area contributed by atoms with E-state index in [0.29, 0.717) is 19.4 Å². The van der Waals surface area contributed by atoms with Crippen LogP contribution in [0.3, 0.4) is 0 Å². The van der Waals surface area contributed by atoms with Gasteiger partial charge in [-0.1, -0.05) is 50.6 Å². The van der Waals surface area contributed by atoms with Crippen LogP contribution in [-0.2, 0) is 16.0 Å². The van der Waals surface area contributed by atoms with Gasteiger partial charge in [0.2, 0.25) is 0 Å². The summed E-state index contributed by atoms with van der Waals surface area (Å²) < 4.78 is 5.27. The molecular formula is C30H43N3O3. The number of Topliss-reactive ketones (excluding diaryl/α,β-unsaturated/α-hetero) is 1. The zero-order chi connectivity index (χ0) is 26.0. The maximum atomic E-state index is 13.8. The van der Waals surface area contributed by atoms with E-state index in [-0.39, 0.29) is 11.8 Å². The second-order valence-electron chi connectivity index (χ2n) is 9.97. The third-order valence-corrected chi connectivity index (χ3v) is 7.46. The van der Waals surface area contributed by atoms with Crippen LogP contribution in [0.5, 0.6) is 0 Å². The molecule has 0 amide bonds. The number of esters is 1. The zero-order valence-electron chi connectivity index (χ0n) is 22.5. The number of carbonyl (C=O) groups excluding carboxylic acids is 2. The molecule has 0 saturated carbocycles. The lowest BCUT2D eigenvalue weighted by Crippen LogP contribution is -2.52. The summed E-state index contributed by atoms with van der Waals surface area (Å²) in [6, 6.07) is 18.4. The maximum absolute atomic E-state index is 13.8. The van der Waals surface area contributed by atoms with Gasteiger partial charge in [-0.05, 0) is 63.2 Å². The predicted molar refractivity (Wildman–Crippen MR) is 147 cm³/mol. The van der Waals surface area contributed by atoms with Crippen molar-refractivity contribution in [3.05, 3.63) is 65.7 Å². The molecule has 6 heteroatoms. The fourth-order valence-corrected chi connectivity index (χ4v) is 4.95. The Labute approximate surface area is 217 Å². The van der Waals surface area contributed by atoms with E-state index in [1.54, 1.807) is 0 Å². The molecule has 0 aliphatic carbocycles. The first-order valence-electron chi connectivity index (χ1n) is 13.4. The number of benzene rings is 2. The number of likely N-dealkylation sites (N-methyl/N-ethyl adjacent to an activating group) is 1. The van der Waals surface area contributed by atoms with E-state index < -0.39 is 5.54 Å². The molecule has 1 saturated heterocycles.